The van der Waals surface area contributed by atoms with Crippen LogP contribution in [-0.4, -0.2) is 22.2 Å². The fourth-order valence-electron chi connectivity index (χ4n) is 1.59. The number of aliphatic hydroxyl groups excluding tert-OH is 1. The van der Waals surface area contributed by atoms with Gasteiger partial charge in [0.25, 0.3) is 0 Å². The van der Waals surface area contributed by atoms with E-state index in [4.69, 9.17) is 4.84 Å². The van der Waals surface area contributed by atoms with Crippen LogP contribution >= 0.6 is 0 Å². The Kier molecular flexibility index (Phi) is 2.95. The fourth-order valence-corrected chi connectivity index (χ4v) is 1.59. The molecule has 0 fully saturated rings. The van der Waals surface area contributed by atoms with Gasteiger partial charge in [-0.05, 0) is 20.8 Å². The molecule has 1 aromatic carbocycles. The lowest BCUT2D eigenvalue weighted by molar-refractivity contribution is -0.109. The maximum absolute atomic E-state index is 11.8. The van der Waals surface area contributed by atoms with E-state index in [1.54, 1.807) is 24.3 Å². The second kappa shape index (κ2) is 4.29. The molecule has 4 nitrogen and oxygen atoms in total. The highest BCUT2D eigenvalue weighted by Crippen LogP contribution is 2.23. The topological polar surface area (TPSA) is 58.9 Å². The van der Waals surface area contributed by atoms with Crippen LogP contribution in [0.2, 0.25) is 0 Å². The quantitative estimate of drug-likeness (QED) is 0.774. The molecule has 1 N–H and O–H groups in total. The minimum atomic E-state index is -0.467. The van der Waals surface area contributed by atoms with Gasteiger partial charge in [0.05, 0.1) is 0 Å². The highest BCUT2D eigenvalue weighted by molar-refractivity contribution is 6.52. The van der Waals surface area contributed by atoms with Crippen molar-refractivity contribution in [3.05, 3.63) is 41.5 Å². The molecule has 0 amide bonds. The number of rotatable bonds is 1. The van der Waals surface area contributed by atoms with Gasteiger partial charge in [0.15, 0.2) is 5.71 Å². The maximum Gasteiger partial charge on any atom is 0.211 e. The molecule has 1 aliphatic rings. The summed E-state index contributed by atoms with van der Waals surface area (Å²) in [6, 6.07) is 7.06. The molecular weight excluding hydrogens is 230 g/mol. The van der Waals surface area contributed by atoms with Gasteiger partial charge in [-0.15, -0.1) is 0 Å². The summed E-state index contributed by atoms with van der Waals surface area (Å²) < 4.78 is 0. The molecule has 2 rings (SSSR count). The van der Waals surface area contributed by atoms with Crippen molar-refractivity contribution >= 4 is 17.3 Å². The van der Waals surface area contributed by atoms with Gasteiger partial charge < -0.3 is 9.94 Å². The second-order valence-corrected chi connectivity index (χ2v) is 5.08. The molecule has 0 saturated heterocycles. The number of carbonyl (C=O) groups is 1. The molecule has 0 aromatic heterocycles. The molecular formula is C14H15NO3. The first-order chi connectivity index (χ1) is 8.38. The number of fused-ring (bicyclic) bond motifs is 1. The van der Waals surface area contributed by atoms with Crippen molar-refractivity contribution in [3.63, 3.8) is 0 Å². The standard InChI is InChI=1S/C14H15NO3/c1-14(2,3)18-15-13-10-7-5-4-6-9(10)11(16)8-12(13)17/h4-8,16H,1-3H3. The lowest BCUT2D eigenvalue weighted by Gasteiger charge is -2.18. The smallest absolute Gasteiger partial charge is 0.211 e. The van der Waals surface area contributed by atoms with E-state index in [1.165, 1.54) is 0 Å². The average molecular weight is 245 g/mol. The Morgan fingerprint density at radius 2 is 1.78 bits per heavy atom. The van der Waals surface area contributed by atoms with Crippen molar-refractivity contribution in [2.75, 3.05) is 0 Å². The molecule has 94 valence electrons. The first kappa shape index (κ1) is 12.4. The SMILES string of the molecule is CC(C)(C)ON=C1C(=O)C=C(O)c2ccccc21. The van der Waals surface area contributed by atoms with Crippen LogP contribution < -0.4 is 0 Å². The maximum atomic E-state index is 11.8. The molecule has 0 saturated carbocycles. The van der Waals surface area contributed by atoms with Gasteiger partial charge in [-0.25, -0.2) is 0 Å². The van der Waals surface area contributed by atoms with Crippen LogP contribution in [0.3, 0.4) is 0 Å². The van der Waals surface area contributed by atoms with Crippen molar-refractivity contribution in [1.29, 1.82) is 0 Å². The summed E-state index contributed by atoms with van der Waals surface area (Å²) >= 11 is 0. The summed E-state index contributed by atoms with van der Waals surface area (Å²) in [6.45, 7) is 5.55. The summed E-state index contributed by atoms with van der Waals surface area (Å²) in [5.41, 5.74) is 0.934. The predicted octanol–water partition coefficient (Wildman–Crippen LogP) is 2.69. The molecule has 0 heterocycles. The number of hydrogen-bond acceptors (Lipinski definition) is 4. The van der Waals surface area contributed by atoms with Gasteiger partial charge in [0, 0.05) is 17.2 Å². The first-order valence-electron chi connectivity index (χ1n) is 5.69. The molecule has 1 aliphatic carbocycles. The number of nitrogens with zero attached hydrogens (tertiary/aromatic N) is 1. The van der Waals surface area contributed by atoms with E-state index in [9.17, 15) is 9.90 Å². The number of aliphatic hydroxyl groups is 1. The van der Waals surface area contributed by atoms with E-state index in [1.807, 2.05) is 20.8 Å². The Bertz CT molecular complexity index is 550. The molecule has 0 spiro atoms. The van der Waals surface area contributed by atoms with Crippen LogP contribution in [0.1, 0.15) is 31.9 Å². The van der Waals surface area contributed by atoms with Gasteiger partial charge >= 0.3 is 0 Å². The van der Waals surface area contributed by atoms with Crippen LogP contribution in [-0.2, 0) is 9.63 Å². The largest absolute Gasteiger partial charge is 0.507 e. The third-order valence-corrected chi connectivity index (χ3v) is 2.37. The highest BCUT2D eigenvalue weighted by Gasteiger charge is 2.25. The minimum Gasteiger partial charge on any atom is -0.507 e. The summed E-state index contributed by atoms with van der Waals surface area (Å²) in [7, 11) is 0. The third-order valence-electron chi connectivity index (χ3n) is 2.37. The van der Waals surface area contributed by atoms with Crippen LogP contribution in [0.5, 0.6) is 0 Å². The zero-order chi connectivity index (χ0) is 13.3. The molecule has 0 bridgehead atoms. The van der Waals surface area contributed by atoms with E-state index in [0.717, 1.165) is 6.08 Å². The number of benzene rings is 1. The van der Waals surface area contributed by atoms with Gasteiger partial charge in [0.1, 0.15) is 11.4 Å². The van der Waals surface area contributed by atoms with E-state index in [0.29, 0.717) is 11.1 Å². The number of hydrogen-bond donors (Lipinski definition) is 1. The van der Waals surface area contributed by atoms with Gasteiger partial charge in [-0.3, -0.25) is 4.79 Å². The lowest BCUT2D eigenvalue weighted by Crippen LogP contribution is -2.23. The molecule has 18 heavy (non-hydrogen) atoms. The van der Waals surface area contributed by atoms with Crippen molar-refractivity contribution in [3.8, 4) is 0 Å². The monoisotopic (exact) mass is 245 g/mol. The van der Waals surface area contributed by atoms with E-state index in [-0.39, 0.29) is 17.3 Å². The summed E-state index contributed by atoms with van der Waals surface area (Å²) in [6.07, 6.45) is 1.16. The summed E-state index contributed by atoms with van der Waals surface area (Å²) in [5.74, 6) is -0.388. The van der Waals surface area contributed by atoms with E-state index >= 15 is 0 Å². The normalized spacial score (nSPS) is 17.4. The molecule has 0 aliphatic heterocycles. The van der Waals surface area contributed by atoms with Crippen LogP contribution in [0.4, 0.5) is 0 Å². The van der Waals surface area contributed by atoms with Gasteiger partial charge in [0.2, 0.25) is 5.78 Å². The Morgan fingerprint density at radius 1 is 1.17 bits per heavy atom. The van der Waals surface area contributed by atoms with Crippen LogP contribution in [0.15, 0.2) is 35.5 Å². The molecule has 0 atom stereocenters. The van der Waals surface area contributed by atoms with Crippen molar-refractivity contribution < 1.29 is 14.7 Å². The number of carbonyl (C=O) groups excluding carboxylic acids is 1. The van der Waals surface area contributed by atoms with Crippen molar-refractivity contribution in [2.24, 2.45) is 5.16 Å². The molecule has 4 heteroatoms. The summed E-state index contributed by atoms with van der Waals surface area (Å²) in [5, 5.41) is 13.6. The van der Waals surface area contributed by atoms with Gasteiger partial charge in [-0.1, -0.05) is 29.4 Å². The number of oxime groups is 1. The predicted molar refractivity (Wildman–Crippen MR) is 69.4 cm³/mol. The zero-order valence-corrected chi connectivity index (χ0v) is 10.6. The fraction of sp³-hybridized carbons (Fsp3) is 0.286. The molecule has 1 aromatic rings. The van der Waals surface area contributed by atoms with Crippen LogP contribution in [0, 0.1) is 0 Å². The van der Waals surface area contributed by atoms with Crippen LogP contribution in [0.25, 0.3) is 5.76 Å². The lowest BCUT2D eigenvalue weighted by atomic mass is 9.93. The molecule has 0 radical (unpaired) electrons. The third kappa shape index (κ3) is 2.42. The summed E-state index contributed by atoms with van der Waals surface area (Å²) in [4.78, 5) is 17.1. The van der Waals surface area contributed by atoms with Crippen molar-refractivity contribution in [1.82, 2.24) is 0 Å². The Morgan fingerprint density at radius 3 is 2.39 bits per heavy atom. The highest BCUT2D eigenvalue weighted by atomic mass is 16.6. The van der Waals surface area contributed by atoms with E-state index < -0.39 is 5.60 Å². The zero-order valence-electron chi connectivity index (χ0n) is 10.6. The van der Waals surface area contributed by atoms with Gasteiger partial charge in [-0.2, -0.15) is 0 Å². The number of allylic oxidation sites excluding steroid dienone is 1. The Balaban J connectivity index is 2.47. The van der Waals surface area contributed by atoms with Crippen molar-refractivity contribution in [2.45, 2.75) is 26.4 Å². The Hall–Kier alpha value is -2.10. The molecule has 0 unspecified atom stereocenters. The first-order valence-corrected chi connectivity index (χ1v) is 5.69. The second-order valence-electron chi connectivity index (χ2n) is 5.08. The number of ketones is 1. The van der Waals surface area contributed by atoms with E-state index in [2.05, 4.69) is 5.16 Å². The Labute approximate surface area is 106 Å². The average Bonchev–Trinajstić information content (AvgIpc) is 2.27. The minimum absolute atomic E-state index is 0.0368.